The van der Waals surface area contributed by atoms with E-state index in [4.69, 9.17) is 4.74 Å². The Balaban J connectivity index is 1.67. The second-order valence-corrected chi connectivity index (χ2v) is 7.17. The molecule has 5 heteroatoms. The van der Waals surface area contributed by atoms with Crippen LogP contribution in [-0.2, 0) is 4.74 Å². The first kappa shape index (κ1) is 16.1. The highest BCUT2D eigenvalue weighted by Crippen LogP contribution is 2.52. The van der Waals surface area contributed by atoms with E-state index < -0.39 is 0 Å². The molecule has 0 radical (unpaired) electrons. The van der Waals surface area contributed by atoms with Crippen LogP contribution in [0.15, 0.2) is 24.3 Å². The lowest BCUT2D eigenvalue weighted by molar-refractivity contribution is -0.107. The summed E-state index contributed by atoms with van der Waals surface area (Å²) in [5, 5.41) is 6.17. The fourth-order valence-electron chi connectivity index (χ4n) is 4.00. The Labute approximate surface area is 138 Å². The highest BCUT2D eigenvalue weighted by atomic mass is 16.5. The molecule has 1 aromatic rings. The van der Waals surface area contributed by atoms with Gasteiger partial charge in [-0.3, -0.25) is 0 Å². The molecule has 1 saturated carbocycles. The van der Waals surface area contributed by atoms with Crippen molar-refractivity contribution in [2.75, 3.05) is 30.4 Å². The zero-order valence-corrected chi connectivity index (χ0v) is 14.4. The summed E-state index contributed by atoms with van der Waals surface area (Å²) in [5.41, 5.74) is 1.86. The number of nitrogens with zero attached hydrogens (tertiary/aromatic N) is 1. The van der Waals surface area contributed by atoms with E-state index in [1.54, 1.807) is 0 Å². The Morgan fingerprint density at radius 3 is 2.87 bits per heavy atom. The van der Waals surface area contributed by atoms with Crippen molar-refractivity contribution in [2.24, 2.45) is 11.3 Å². The van der Waals surface area contributed by atoms with E-state index in [-0.39, 0.29) is 23.6 Å². The molecule has 2 aliphatic rings. The first-order valence-electron chi connectivity index (χ1n) is 8.44. The predicted molar refractivity (Wildman–Crippen MR) is 93.0 cm³/mol. The number of carbonyl (C=O) groups excluding carboxylic acids is 1. The third kappa shape index (κ3) is 2.78. The van der Waals surface area contributed by atoms with Crippen molar-refractivity contribution in [1.29, 1.82) is 0 Å². The summed E-state index contributed by atoms with van der Waals surface area (Å²) in [7, 11) is 2.02. The third-order valence-corrected chi connectivity index (χ3v) is 5.42. The van der Waals surface area contributed by atoms with Crippen LogP contribution >= 0.6 is 0 Å². The van der Waals surface area contributed by atoms with Crippen LogP contribution in [0.5, 0.6) is 0 Å². The molecular formula is C18H27N3O2. The van der Waals surface area contributed by atoms with Crippen LogP contribution in [0.25, 0.3) is 0 Å². The molecule has 2 fully saturated rings. The first-order valence-corrected chi connectivity index (χ1v) is 8.44. The van der Waals surface area contributed by atoms with Gasteiger partial charge in [0.05, 0.1) is 17.5 Å². The summed E-state index contributed by atoms with van der Waals surface area (Å²) in [6.07, 6.45) is 1.32. The van der Waals surface area contributed by atoms with Crippen molar-refractivity contribution in [1.82, 2.24) is 5.32 Å². The molecule has 126 valence electrons. The van der Waals surface area contributed by atoms with Crippen molar-refractivity contribution < 1.29 is 9.53 Å². The number of hydrogen-bond acceptors (Lipinski definition) is 3. The zero-order valence-electron chi connectivity index (χ0n) is 14.4. The fourth-order valence-corrected chi connectivity index (χ4v) is 4.00. The van der Waals surface area contributed by atoms with Crippen LogP contribution in [0.1, 0.15) is 27.2 Å². The van der Waals surface area contributed by atoms with Gasteiger partial charge in [0.25, 0.3) is 0 Å². The van der Waals surface area contributed by atoms with E-state index in [1.807, 2.05) is 31.3 Å². The number of para-hydroxylation sites is 2. The molecule has 3 atom stereocenters. The number of amides is 2. The second kappa shape index (κ2) is 6.04. The van der Waals surface area contributed by atoms with E-state index in [2.05, 4.69) is 36.3 Å². The summed E-state index contributed by atoms with van der Waals surface area (Å²) in [4.78, 5) is 14.6. The number of hydrogen-bond donors (Lipinski definition) is 2. The van der Waals surface area contributed by atoms with Crippen molar-refractivity contribution >= 4 is 17.4 Å². The minimum atomic E-state index is -0.134. The molecule has 3 rings (SSSR count). The number of rotatable bonds is 4. The molecule has 1 heterocycles. The van der Waals surface area contributed by atoms with Gasteiger partial charge in [-0.25, -0.2) is 4.79 Å². The van der Waals surface area contributed by atoms with Gasteiger partial charge in [0.15, 0.2) is 0 Å². The number of ether oxygens (including phenoxy) is 1. The Hall–Kier alpha value is -1.75. The maximum atomic E-state index is 12.5. The molecule has 1 aliphatic carbocycles. The van der Waals surface area contributed by atoms with Crippen LogP contribution in [0.4, 0.5) is 16.2 Å². The topological polar surface area (TPSA) is 53.6 Å². The van der Waals surface area contributed by atoms with Gasteiger partial charge in [-0.15, -0.1) is 0 Å². The SMILES string of the molecule is CCN(C)c1ccccc1NC(=O)NC1C2CCOC2C1(C)C. The number of anilines is 2. The highest BCUT2D eigenvalue weighted by molar-refractivity contribution is 5.93. The maximum absolute atomic E-state index is 12.5. The smallest absolute Gasteiger partial charge is 0.319 e. The molecule has 0 spiro atoms. The average molecular weight is 317 g/mol. The lowest BCUT2D eigenvalue weighted by Crippen LogP contribution is -2.67. The van der Waals surface area contributed by atoms with E-state index in [0.717, 1.165) is 30.9 Å². The number of fused-ring (bicyclic) bond motifs is 1. The fraction of sp³-hybridized carbons (Fsp3) is 0.611. The molecule has 1 aliphatic heterocycles. The summed E-state index contributed by atoms with van der Waals surface area (Å²) >= 11 is 0. The average Bonchev–Trinajstić information content (AvgIpc) is 2.99. The lowest BCUT2D eigenvalue weighted by atomic mass is 9.57. The monoisotopic (exact) mass is 317 g/mol. The number of benzene rings is 1. The van der Waals surface area contributed by atoms with Crippen molar-refractivity contribution in [3.8, 4) is 0 Å². The highest BCUT2D eigenvalue weighted by Gasteiger charge is 2.59. The quantitative estimate of drug-likeness (QED) is 0.897. The number of nitrogens with one attached hydrogen (secondary N) is 2. The molecule has 2 N–H and O–H groups in total. The molecule has 2 amide bonds. The Morgan fingerprint density at radius 2 is 2.13 bits per heavy atom. The summed E-state index contributed by atoms with van der Waals surface area (Å²) in [6.45, 7) is 8.13. The largest absolute Gasteiger partial charge is 0.377 e. The minimum absolute atomic E-state index is 0.00175. The van der Waals surface area contributed by atoms with E-state index >= 15 is 0 Å². The third-order valence-electron chi connectivity index (χ3n) is 5.42. The summed E-state index contributed by atoms with van der Waals surface area (Å²) in [6, 6.07) is 7.93. The van der Waals surface area contributed by atoms with E-state index in [9.17, 15) is 4.79 Å². The minimum Gasteiger partial charge on any atom is -0.377 e. The van der Waals surface area contributed by atoms with Crippen LogP contribution in [-0.4, -0.2) is 38.4 Å². The molecule has 3 unspecified atom stereocenters. The zero-order chi connectivity index (χ0) is 16.6. The molecule has 0 aromatic heterocycles. The molecular weight excluding hydrogens is 290 g/mol. The van der Waals surface area contributed by atoms with Gasteiger partial charge in [0.2, 0.25) is 0 Å². The van der Waals surface area contributed by atoms with E-state index in [0.29, 0.717) is 5.92 Å². The van der Waals surface area contributed by atoms with Crippen LogP contribution < -0.4 is 15.5 Å². The molecule has 1 aromatic carbocycles. The standard InChI is InChI=1S/C18H27N3O2/c1-5-21(4)14-9-7-6-8-13(14)19-17(22)20-15-12-10-11-23-16(12)18(15,2)3/h6-9,12,15-16H,5,10-11H2,1-4H3,(H2,19,20,22). The van der Waals surface area contributed by atoms with Gasteiger partial charge in [-0.1, -0.05) is 26.0 Å². The van der Waals surface area contributed by atoms with Gasteiger partial charge in [-0.05, 0) is 25.5 Å². The lowest BCUT2D eigenvalue weighted by Gasteiger charge is -2.54. The van der Waals surface area contributed by atoms with Gasteiger partial charge in [-0.2, -0.15) is 0 Å². The Bertz CT molecular complexity index is 587. The first-order chi connectivity index (χ1) is 10.9. The number of carbonyl (C=O) groups is 1. The van der Waals surface area contributed by atoms with Crippen molar-refractivity contribution in [3.63, 3.8) is 0 Å². The summed E-state index contributed by atoms with van der Waals surface area (Å²) in [5.74, 6) is 0.448. The van der Waals surface area contributed by atoms with Gasteiger partial charge in [0, 0.05) is 37.6 Å². The Kier molecular flexibility index (Phi) is 4.23. The van der Waals surface area contributed by atoms with Gasteiger partial charge in [0.1, 0.15) is 0 Å². The molecule has 23 heavy (non-hydrogen) atoms. The molecule has 0 bridgehead atoms. The van der Waals surface area contributed by atoms with Crippen LogP contribution in [0, 0.1) is 11.3 Å². The molecule has 1 saturated heterocycles. The summed E-state index contributed by atoms with van der Waals surface area (Å²) < 4.78 is 5.78. The van der Waals surface area contributed by atoms with Gasteiger partial charge < -0.3 is 20.3 Å². The van der Waals surface area contributed by atoms with Crippen LogP contribution in [0.2, 0.25) is 0 Å². The maximum Gasteiger partial charge on any atom is 0.319 e. The van der Waals surface area contributed by atoms with Crippen LogP contribution in [0.3, 0.4) is 0 Å². The molecule has 5 nitrogen and oxygen atoms in total. The number of urea groups is 1. The normalized spacial score (nSPS) is 27.7. The van der Waals surface area contributed by atoms with Gasteiger partial charge >= 0.3 is 6.03 Å². The second-order valence-electron chi connectivity index (χ2n) is 7.17. The van der Waals surface area contributed by atoms with Crippen molar-refractivity contribution in [2.45, 2.75) is 39.3 Å². The van der Waals surface area contributed by atoms with E-state index in [1.165, 1.54) is 0 Å². The predicted octanol–water partition coefficient (Wildman–Crippen LogP) is 3.08. The Morgan fingerprint density at radius 1 is 1.39 bits per heavy atom. The van der Waals surface area contributed by atoms with Crippen molar-refractivity contribution in [3.05, 3.63) is 24.3 Å².